The second-order valence-corrected chi connectivity index (χ2v) is 4.35. The minimum atomic E-state index is 0.0918. The van der Waals surface area contributed by atoms with Crippen LogP contribution in [0.4, 0.5) is 0 Å². The van der Waals surface area contributed by atoms with E-state index < -0.39 is 0 Å². The predicted molar refractivity (Wildman–Crippen MR) is 56.7 cm³/mol. The third-order valence-electron chi connectivity index (χ3n) is 2.29. The molecule has 1 saturated heterocycles. The molecule has 1 atom stereocenters. The minimum Gasteiger partial charge on any atom is -0.381 e. The van der Waals surface area contributed by atoms with E-state index in [9.17, 15) is 4.79 Å². The number of ketones is 1. The summed E-state index contributed by atoms with van der Waals surface area (Å²) in [7, 11) is 0. The SMILES string of the molecule is O=C(CSc1cnccn1)C1CCOC1. The molecule has 1 fully saturated rings. The highest BCUT2D eigenvalue weighted by Gasteiger charge is 2.23. The Balaban J connectivity index is 1.80. The van der Waals surface area contributed by atoms with Gasteiger partial charge in [-0.1, -0.05) is 11.8 Å². The van der Waals surface area contributed by atoms with Gasteiger partial charge in [0, 0.05) is 24.9 Å². The van der Waals surface area contributed by atoms with Crippen LogP contribution in [0.2, 0.25) is 0 Å². The summed E-state index contributed by atoms with van der Waals surface area (Å²) in [4.78, 5) is 19.7. The molecular formula is C10H12N2O2S. The number of thioether (sulfide) groups is 1. The Hall–Kier alpha value is -0.940. The Kier molecular flexibility index (Phi) is 3.69. The summed E-state index contributed by atoms with van der Waals surface area (Å²) in [5.74, 6) is 0.810. The summed E-state index contributed by atoms with van der Waals surface area (Å²) < 4.78 is 5.17. The molecule has 0 saturated carbocycles. The van der Waals surface area contributed by atoms with Gasteiger partial charge < -0.3 is 4.74 Å². The van der Waals surface area contributed by atoms with Gasteiger partial charge >= 0.3 is 0 Å². The summed E-state index contributed by atoms with van der Waals surface area (Å²) in [5, 5.41) is 0.796. The van der Waals surface area contributed by atoms with Crippen molar-refractivity contribution in [3.8, 4) is 0 Å². The summed E-state index contributed by atoms with van der Waals surface area (Å²) in [6, 6.07) is 0. The lowest BCUT2D eigenvalue weighted by molar-refractivity contribution is -0.120. The van der Waals surface area contributed by atoms with E-state index in [1.807, 2.05) is 0 Å². The zero-order valence-electron chi connectivity index (χ0n) is 8.26. The number of carbonyl (C=O) groups is 1. The normalized spacial score (nSPS) is 20.4. The molecule has 0 amide bonds. The van der Waals surface area contributed by atoms with Crippen molar-refractivity contribution in [3.63, 3.8) is 0 Å². The van der Waals surface area contributed by atoms with E-state index in [2.05, 4.69) is 9.97 Å². The van der Waals surface area contributed by atoms with Crippen LogP contribution < -0.4 is 0 Å². The number of aromatic nitrogens is 2. The van der Waals surface area contributed by atoms with Crippen LogP contribution in [0.25, 0.3) is 0 Å². The number of Topliss-reactive ketones (excluding diaryl/α,β-unsaturated/α-hetero) is 1. The van der Waals surface area contributed by atoms with Crippen molar-refractivity contribution in [1.29, 1.82) is 0 Å². The highest BCUT2D eigenvalue weighted by molar-refractivity contribution is 7.99. The van der Waals surface area contributed by atoms with Crippen LogP contribution in [0.1, 0.15) is 6.42 Å². The maximum absolute atomic E-state index is 11.7. The molecule has 0 N–H and O–H groups in total. The van der Waals surface area contributed by atoms with Crippen LogP contribution >= 0.6 is 11.8 Å². The summed E-state index contributed by atoms with van der Waals surface area (Å²) in [5.41, 5.74) is 0. The average molecular weight is 224 g/mol. The molecule has 2 heterocycles. The van der Waals surface area contributed by atoms with Gasteiger partial charge in [-0.2, -0.15) is 0 Å². The van der Waals surface area contributed by atoms with E-state index >= 15 is 0 Å². The molecule has 1 aromatic heterocycles. The first-order valence-electron chi connectivity index (χ1n) is 4.85. The van der Waals surface area contributed by atoms with Crippen molar-refractivity contribution >= 4 is 17.5 Å². The van der Waals surface area contributed by atoms with Crippen molar-refractivity contribution < 1.29 is 9.53 Å². The lowest BCUT2D eigenvalue weighted by Crippen LogP contribution is -2.16. The van der Waals surface area contributed by atoms with Gasteiger partial charge in [0.05, 0.1) is 18.6 Å². The maximum Gasteiger partial charge on any atom is 0.148 e. The van der Waals surface area contributed by atoms with Crippen LogP contribution in [0.15, 0.2) is 23.6 Å². The Morgan fingerprint density at radius 3 is 3.20 bits per heavy atom. The molecule has 0 radical (unpaired) electrons. The number of rotatable bonds is 4. The van der Waals surface area contributed by atoms with E-state index in [0.29, 0.717) is 19.0 Å². The second kappa shape index (κ2) is 5.23. The van der Waals surface area contributed by atoms with E-state index in [1.54, 1.807) is 18.6 Å². The number of hydrogen-bond acceptors (Lipinski definition) is 5. The Morgan fingerprint density at radius 2 is 2.53 bits per heavy atom. The number of ether oxygens (including phenoxy) is 1. The third kappa shape index (κ3) is 3.00. The van der Waals surface area contributed by atoms with Gasteiger partial charge in [-0.15, -0.1) is 0 Å². The predicted octanol–water partition coefficient (Wildman–Crippen LogP) is 1.17. The van der Waals surface area contributed by atoms with E-state index in [0.717, 1.165) is 11.4 Å². The van der Waals surface area contributed by atoms with Gasteiger partial charge in [0.25, 0.3) is 0 Å². The smallest absolute Gasteiger partial charge is 0.148 e. The van der Waals surface area contributed by atoms with Gasteiger partial charge in [0.2, 0.25) is 0 Å². The molecule has 5 heteroatoms. The Bertz CT molecular complexity index is 325. The van der Waals surface area contributed by atoms with Crippen LogP contribution in [-0.4, -0.2) is 34.7 Å². The molecule has 0 aliphatic carbocycles. The van der Waals surface area contributed by atoms with Gasteiger partial charge in [-0.3, -0.25) is 9.78 Å². The zero-order chi connectivity index (χ0) is 10.5. The largest absolute Gasteiger partial charge is 0.381 e. The monoisotopic (exact) mass is 224 g/mol. The second-order valence-electron chi connectivity index (χ2n) is 3.36. The van der Waals surface area contributed by atoms with Gasteiger partial charge in [0.1, 0.15) is 10.8 Å². The lowest BCUT2D eigenvalue weighted by Gasteiger charge is -2.04. The fourth-order valence-electron chi connectivity index (χ4n) is 1.41. The lowest BCUT2D eigenvalue weighted by atomic mass is 10.1. The highest BCUT2D eigenvalue weighted by Crippen LogP contribution is 2.19. The molecule has 1 unspecified atom stereocenters. The van der Waals surface area contributed by atoms with E-state index in [1.165, 1.54) is 11.8 Å². The maximum atomic E-state index is 11.7. The molecule has 0 bridgehead atoms. The quantitative estimate of drug-likeness (QED) is 0.719. The van der Waals surface area contributed by atoms with Crippen LogP contribution in [0.5, 0.6) is 0 Å². The van der Waals surface area contributed by atoms with Crippen molar-refractivity contribution in [2.75, 3.05) is 19.0 Å². The first kappa shape index (κ1) is 10.6. The van der Waals surface area contributed by atoms with E-state index in [4.69, 9.17) is 4.74 Å². The number of nitrogens with zero attached hydrogens (tertiary/aromatic N) is 2. The average Bonchev–Trinajstić information content (AvgIpc) is 2.81. The summed E-state index contributed by atoms with van der Waals surface area (Å²) >= 11 is 1.44. The molecule has 2 rings (SSSR count). The first-order chi connectivity index (χ1) is 7.36. The third-order valence-corrected chi connectivity index (χ3v) is 3.22. The van der Waals surface area contributed by atoms with Crippen molar-refractivity contribution in [1.82, 2.24) is 9.97 Å². The van der Waals surface area contributed by atoms with Crippen LogP contribution in [0, 0.1) is 5.92 Å². The van der Waals surface area contributed by atoms with Gasteiger partial charge in [-0.05, 0) is 6.42 Å². The molecule has 0 aromatic carbocycles. The molecule has 1 aliphatic heterocycles. The summed E-state index contributed by atoms with van der Waals surface area (Å²) in [6.45, 7) is 1.30. The molecule has 15 heavy (non-hydrogen) atoms. The van der Waals surface area contributed by atoms with Crippen LogP contribution in [0.3, 0.4) is 0 Å². The molecule has 1 aliphatic rings. The van der Waals surface area contributed by atoms with E-state index in [-0.39, 0.29) is 11.7 Å². The zero-order valence-corrected chi connectivity index (χ0v) is 9.07. The standard InChI is InChI=1S/C10H12N2O2S/c13-9(8-1-4-14-6-8)7-15-10-5-11-2-3-12-10/h2-3,5,8H,1,4,6-7H2. The highest BCUT2D eigenvalue weighted by atomic mass is 32.2. The number of hydrogen-bond donors (Lipinski definition) is 0. The molecule has 80 valence electrons. The molecular weight excluding hydrogens is 212 g/mol. The topological polar surface area (TPSA) is 52.1 Å². The Labute approximate surface area is 92.5 Å². The van der Waals surface area contributed by atoms with Crippen LogP contribution in [-0.2, 0) is 9.53 Å². The number of carbonyl (C=O) groups excluding carboxylic acids is 1. The fraction of sp³-hybridized carbons (Fsp3) is 0.500. The van der Waals surface area contributed by atoms with Gasteiger partial charge in [-0.25, -0.2) is 4.98 Å². The van der Waals surface area contributed by atoms with Crippen molar-refractivity contribution in [2.24, 2.45) is 5.92 Å². The molecule has 4 nitrogen and oxygen atoms in total. The van der Waals surface area contributed by atoms with Gasteiger partial charge in [0.15, 0.2) is 0 Å². The Morgan fingerprint density at radius 1 is 1.60 bits per heavy atom. The van der Waals surface area contributed by atoms with Crippen molar-refractivity contribution in [3.05, 3.63) is 18.6 Å². The molecule has 0 spiro atoms. The fourth-order valence-corrected chi connectivity index (χ4v) is 2.21. The molecule has 1 aromatic rings. The minimum absolute atomic E-state index is 0.0918. The summed E-state index contributed by atoms with van der Waals surface area (Å²) in [6.07, 6.45) is 5.78. The first-order valence-corrected chi connectivity index (χ1v) is 5.84. The van der Waals surface area contributed by atoms with Crippen molar-refractivity contribution in [2.45, 2.75) is 11.4 Å².